The number of thiazole rings is 1. The molecule has 68 valence electrons. The summed E-state index contributed by atoms with van der Waals surface area (Å²) in [6.07, 6.45) is 3.21. The number of allylic oxidation sites excluding steroid dienone is 1. The fourth-order valence-electron chi connectivity index (χ4n) is 1.15. The summed E-state index contributed by atoms with van der Waals surface area (Å²) < 4.78 is 1.58. The van der Waals surface area contributed by atoms with Crippen LogP contribution in [0.5, 0.6) is 0 Å². The summed E-state index contributed by atoms with van der Waals surface area (Å²) in [5.41, 5.74) is 1.88. The second-order valence-corrected chi connectivity index (χ2v) is 4.27. The van der Waals surface area contributed by atoms with Gasteiger partial charge in [-0.05, 0) is 23.8 Å². The van der Waals surface area contributed by atoms with Gasteiger partial charge in [0.25, 0.3) is 0 Å². The lowest BCUT2D eigenvalue weighted by Crippen LogP contribution is -1.71. The van der Waals surface area contributed by atoms with E-state index in [2.05, 4.69) is 4.98 Å². The van der Waals surface area contributed by atoms with E-state index in [1.54, 1.807) is 6.08 Å². The van der Waals surface area contributed by atoms with E-state index in [1.807, 2.05) is 24.3 Å². The summed E-state index contributed by atoms with van der Waals surface area (Å²) in [4.78, 5) is 4.13. The van der Waals surface area contributed by atoms with Crippen LogP contribution in [0.2, 0.25) is 4.47 Å². The van der Waals surface area contributed by atoms with Crippen molar-refractivity contribution in [2.24, 2.45) is 0 Å². The van der Waals surface area contributed by atoms with Gasteiger partial charge < -0.3 is 0 Å². The molecule has 2 aromatic rings. The van der Waals surface area contributed by atoms with Crippen LogP contribution in [0.1, 0.15) is 5.56 Å². The highest BCUT2D eigenvalue weighted by Crippen LogP contribution is 2.26. The minimum absolute atomic E-state index is 0.543. The molecule has 0 saturated carbocycles. The molecule has 0 aliphatic carbocycles. The van der Waals surface area contributed by atoms with Crippen LogP contribution in [0.15, 0.2) is 24.3 Å². The molecule has 1 aromatic heterocycles. The van der Waals surface area contributed by atoms with E-state index in [9.17, 15) is 0 Å². The van der Waals surface area contributed by atoms with E-state index in [-0.39, 0.29) is 0 Å². The van der Waals surface area contributed by atoms with Crippen molar-refractivity contribution in [3.05, 3.63) is 34.3 Å². The lowest BCUT2D eigenvalue weighted by molar-refractivity contribution is 1.50. The van der Waals surface area contributed by atoms with E-state index in [0.29, 0.717) is 4.47 Å². The van der Waals surface area contributed by atoms with Gasteiger partial charge in [-0.1, -0.05) is 17.7 Å². The van der Waals surface area contributed by atoms with Crippen LogP contribution in [0.4, 0.5) is 0 Å². The molecule has 0 unspecified atom stereocenters. The Balaban J connectivity index is 2.51. The number of halogens is 1. The molecule has 1 aromatic carbocycles. The molecule has 2 rings (SSSR count). The molecule has 0 bridgehead atoms. The summed E-state index contributed by atoms with van der Waals surface area (Å²) in [5.74, 6) is 0. The third-order valence-electron chi connectivity index (χ3n) is 1.74. The lowest BCUT2D eigenvalue weighted by atomic mass is 10.2. The third-order valence-corrected chi connectivity index (χ3v) is 2.86. The zero-order valence-electron chi connectivity index (χ0n) is 7.07. The summed E-state index contributed by atoms with van der Waals surface area (Å²) >= 11 is 7.21. The Labute approximate surface area is 90.1 Å². The summed E-state index contributed by atoms with van der Waals surface area (Å²) in [5, 5.41) is 8.38. The van der Waals surface area contributed by atoms with E-state index in [4.69, 9.17) is 16.9 Å². The van der Waals surface area contributed by atoms with Crippen molar-refractivity contribution in [3.63, 3.8) is 0 Å². The van der Waals surface area contributed by atoms with Crippen molar-refractivity contribution >= 4 is 39.2 Å². The SMILES string of the molecule is N#CC=Cc1ccc2nc(Cl)sc2c1. The van der Waals surface area contributed by atoms with Crippen LogP contribution in [0, 0.1) is 11.3 Å². The average molecular weight is 221 g/mol. The molecule has 14 heavy (non-hydrogen) atoms. The maximum absolute atomic E-state index is 8.38. The largest absolute Gasteiger partial charge is 0.225 e. The second-order valence-electron chi connectivity index (χ2n) is 2.66. The van der Waals surface area contributed by atoms with Gasteiger partial charge in [-0.15, -0.1) is 11.3 Å². The standard InChI is InChI=1S/C10H5ClN2S/c11-10-13-8-4-3-7(2-1-5-12)6-9(8)14-10/h1-4,6H. The van der Waals surface area contributed by atoms with Gasteiger partial charge in [0.15, 0.2) is 4.47 Å². The Kier molecular flexibility index (Phi) is 2.49. The maximum Gasteiger partial charge on any atom is 0.184 e. The molecule has 0 saturated heterocycles. The zero-order chi connectivity index (χ0) is 9.97. The van der Waals surface area contributed by atoms with Crippen LogP contribution in [0.3, 0.4) is 0 Å². The molecule has 0 amide bonds. The van der Waals surface area contributed by atoms with Crippen LogP contribution >= 0.6 is 22.9 Å². The van der Waals surface area contributed by atoms with Gasteiger partial charge in [0.1, 0.15) is 0 Å². The highest BCUT2D eigenvalue weighted by Gasteiger charge is 2.00. The molecular formula is C10H5ClN2S. The Morgan fingerprint density at radius 1 is 1.50 bits per heavy atom. The van der Waals surface area contributed by atoms with Gasteiger partial charge in [-0.2, -0.15) is 5.26 Å². The molecule has 0 N–H and O–H groups in total. The molecule has 0 radical (unpaired) electrons. The highest BCUT2D eigenvalue weighted by atomic mass is 35.5. The van der Waals surface area contributed by atoms with Gasteiger partial charge >= 0.3 is 0 Å². The van der Waals surface area contributed by atoms with Crippen LogP contribution < -0.4 is 0 Å². The minimum atomic E-state index is 0.543. The van der Waals surface area contributed by atoms with Gasteiger partial charge in [0.2, 0.25) is 0 Å². The second kappa shape index (κ2) is 3.79. The van der Waals surface area contributed by atoms with Crippen molar-refractivity contribution in [2.75, 3.05) is 0 Å². The van der Waals surface area contributed by atoms with E-state index in [0.717, 1.165) is 15.8 Å². The fraction of sp³-hybridized carbons (Fsp3) is 0. The predicted octanol–water partition coefficient (Wildman–Crippen LogP) is 3.49. The Hall–Kier alpha value is -1.37. The lowest BCUT2D eigenvalue weighted by Gasteiger charge is -1.90. The minimum Gasteiger partial charge on any atom is -0.225 e. The van der Waals surface area contributed by atoms with Gasteiger partial charge in [-0.25, -0.2) is 4.98 Å². The molecule has 2 nitrogen and oxygen atoms in total. The normalized spacial score (nSPS) is 10.9. The summed E-state index contributed by atoms with van der Waals surface area (Å²) in [7, 11) is 0. The van der Waals surface area contributed by atoms with Crippen molar-refractivity contribution in [2.45, 2.75) is 0 Å². The first-order valence-corrected chi connectivity index (χ1v) is 5.11. The molecule has 0 aliphatic rings. The predicted molar refractivity (Wildman–Crippen MR) is 59.3 cm³/mol. The number of fused-ring (bicyclic) bond motifs is 1. The van der Waals surface area contributed by atoms with Gasteiger partial charge in [-0.3, -0.25) is 0 Å². The maximum atomic E-state index is 8.38. The molecule has 4 heteroatoms. The smallest absolute Gasteiger partial charge is 0.184 e. The van der Waals surface area contributed by atoms with E-state index < -0.39 is 0 Å². The molecule has 0 spiro atoms. The van der Waals surface area contributed by atoms with Gasteiger partial charge in [0.05, 0.1) is 16.3 Å². The van der Waals surface area contributed by atoms with Crippen molar-refractivity contribution in [3.8, 4) is 6.07 Å². The first-order chi connectivity index (χ1) is 6.79. The van der Waals surface area contributed by atoms with Crippen LogP contribution in [0.25, 0.3) is 16.3 Å². The van der Waals surface area contributed by atoms with E-state index >= 15 is 0 Å². The molecule has 0 atom stereocenters. The van der Waals surface area contributed by atoms with E-state index in [1.165, 1.54) is 17.4 Å². The van der Waals surface area contributed by atoms with Gasteiger partial charge in [0, 0.05) is 6.08 Å². The molecule has 0 aliphatic heterocycles. The Morgan fingerprint density at radius 2 is 2.36 bits per heavy atom. The van der Waals surface area contributed by atoms with Crippen molar-refractivity contribution in [1.82, 2.24) is 4.98 Å². The van der Waals surface area contributed by atoms with Crippen LogP contribution in [-0.4, -0.2) is 4.98 Å². The van der Waals surface area contributed by atoms with Crippen molar-refractivity contribution < 1.29 is 0 Å². The number of hydrogen-bond acceptors (Lipinski definition) is 3. The highest BCUT2D eigenvalue weighted by molar-refractivity contribution is 7.22. The molecule has 1 heterocycles. The number of hydrogen-bond donors (Lipinski definition) is 0. The first-order valence-electron chi connectivity index (χ1n) is 3.92. The summed E-state index contributed by atoms with van der Waals surface area (Å²) in [6, 6.07) is 7.72. The number of aromatic nitrogens is 1. The first kappa shape index (κ1) is 9.20. The quantitative estimate of drug-likeness (QED) is 0.690. The molecule has 0 fully saturated rings. The summed E-state index contributed by atoms with van der Waals surface area (Å²) in [6.45, 7) is 0. The number of nitriles is 1. The number of rotatable bonds is 1. The van der Waals surface area contributed by atoms with Crippen molar-refractivity contribution in [1.29, 1.82) is 5.26 Å². The van der Waals surface area contributed by atoms with Crippen LogP contribution in [-0.2, 0) is 0 Å². The Morgan fingerprint density at radius 3 is 3.14 bits per heavy atom. The average Bonchev–Trinajstić information content (AvgIpc) is 2.54. The molecular weight excluding hydrogens is 216 g/mol. The third kappa shape index (κ3) is 1.77. The fourth-order valence-corrected chi connectivity index (χ4v) is 2.23. The monoisotopic (exact) mass is 220 g/mol. The number of benzene rings is 1. The zero-order valence-corrected chi connectivity index (χ0v) is 8.64. The topological polar surface area (TPSA) is 36.7 Å². The number of nitrogens with zero attached hydrogens (tertiary/aromatic N) is 2. The Bertz CT molecular complexity index is 537.